The molecule has 2 rings (SSSR count). The van der Waals surface area contributed by atoms with Crippen LogP contribution >= 0.6 is 11.6 Å². The molecule has 0 unspecified atom stereocenters. The first-order valence-electron chi connectivity index (χ1n) is 5.01. The third kappa shape index (κ3) is 2.70. The smallest absolute Gasteiger partial charge is 0.232 e. The van der Waals surface area contributed by atoms with Crippen molar-refractivity contribution in [2.75, 3.05) is 0 Å². The van der Waals surface area contributed by atoms with Gasteiger partial charge in [0.1, 0.15) is 6.33 Å². The maximum atomic E-state index is 11.7. The molecule has 82 valence electrons. The maximum Gasteiger partial charge on any atom is 0.232 e. The highest BCUT2D eigenvalue weighted by atomic mass is 35.5. The number of nitrogens with zero attached hydrogens (tertiary/aromatic N) is 2. The van der Waals surface area contributed by atoms with Crippen LogP contribution < -0.4 is 0 Å². The average Bonchev–Trinajstić information content (AvgIpc) is 2.79. The molecule has 0 atom stereocenters. The van der Waals surface area contributed by atoms with Gasteiger partial charge in [0.2, 0.25) is 5.91 Å². The normalized spacial score (nSPS) is 10.3. The summed E-state index contributed by atoms with van der Waals surface area (Å²) in [6, 6.07) is 7.55. The number of hydrogen-bond donors (Lipinski definition) is 0. The fourth-order valence-electron chi connectivity index (χ4n) is 1.48. The molecule has 0 aliphatic heterocycles. The topological polar surface area (TPSA) is 34.9 Å². The van der Waals surface area contributed by atoms with Crippen molar-refractivity contribution in [2.24, 2.45) is 0 Å². The number of carbonyl (C=O) groups excluding carboxylic acids is 1. The molecule has 0 amide bonds. The van der Waals surface area contributed by atoms with Crippen LogP contribution in [-0.2, 0) is 6.42 Å². The molecule has 0 N–H and O–H groups in total. The van der Waals surface area contributed by atoms with Crippen LogP contribution in [0.3, 0.4) is 0 Å². The van der Waals surface area contributed by atoms with Gasteiger partial charge in [-0.25, -0.2) is 4.98 Å². The minimum atomic E-state index is 0.0393. The van der Waals surface area contributed by atoms with Crippen molar-refractivity contribution in [3.05, 3.63) is 53.6 Å². The summed E-state index contributed by atoms with van der Waals surface area (Å²) in [4.78, 5) is 15.5. The van der Waals surface area contributed by atoms with Gasteiger partial charge in [-0.1, -0.05) is 23.7 Å². The average molecular weight is 235 g/mol. The predicted molar refractivity (Wildman–Crippen MR) is 62.6 cm³/mol. The van der Waals surface area contributed by atoms with Gasteiger partial charge >= 0.3 is 0 Å². The van der Waals surface area contributed by atoms with Crippen molar-refractivity contribution in [1.82, 2.24) is 9.55 Å². The summed E-state index contributed by atoms with van der Waals surface area (Å²) in [6.07, 6.45) is 5.91. The van der Waals surface area contributed by atoms with E-state index in [1.54, 1.807) is 12.4 Å². The molecule has 0 saturated carbocycles. The van der Waals surface area contributed by atoms with Crippen LogP contribution in [0.5, 0.6) is 0 Å². The Hall–Kier alpha value is -1.61. The molecule has 1 heterocycles. The molecular formula is C12H11ClN2O. The summed E-state index contributed by atoms with van der Waals surface area (Å²) in [5.74, 6) is 0.0393. The highest BCUT2D eigenvalue weighted by Crippen LogP contribution is 2.12. The number of imidazole rings is 1. The minimum absolute atomic E-state index is 0.0393. The third-order valence-electron chi connectivity index (χ3n) is 2.31. The zero-order chi connectivity index (χ0) is 11.4. The van der Waals surface area contributed by atoms with Crippen LogP contribution in [0.2, 0.25) is 5.02 Å². The van der Waals surface area contributed by atoms with E-state index >= 15 is 0 Å². The Bertz CT molecular complexity index is 480. The van der Waals surface area contributed by atoms with Crippen LogP contribution in [-0.4, -0.2) is 15.5 Å². The molecule has 16 heavy (non-hydrogen) atoms. The summed E-state index contributed by atoms with van der Waals surface area (Å²) in [5.41, 5.74) is 1.07. The van der Waals surface area contributed by atoms with Crippen molar-refractivity contribution < 1.29 is 4.79 Å². The summed E-state index contributed by atoms with van der Waals surface area (Å²) in [5, 5.41) is 0.701. The number of hydrogen-bond acceptors (Lipinski definition) is 2. The van der Waals surface area contributed by atoms with Gasteiger partial charge < -0.3 is 0 Å². The number of rotatable bonds is 3. The van der Waals surface area contributed by atoms with Gasteiger partial charge in [0.25, 0.3) is 0 Å². The number of halogens is 1. The minimum Gasteiger partial charge on any atom is -0.276 e. The van der Waals surface area contributed by atoms with E-state index in [-0.39, 0.29) is 5.91 Å². The van der Waals surface area contributed by atoms with Gasteiger partial charge in [0, 0.05) is 23.8 Å². The first-order chi connectivity index (χ1) is 7.75. The molecule has 3 nitrogen and oxygen atoms in total. The lowest BCUT2D eigenvalue weighted by molar-refractivity contribution is 0.0903. The van der Waals surface area contributed by atoms with E-state index in [0.717, 1.165) is 5.56 Å². The van der Waals surface area contributed by atoms with Crippen molar-refractivity contribution in [1.29, 1.82) is 0 Å². The van der Waals surface area contributed by atoms with Gasteiger partial charge in [-0.05, 0) is 24.1 Å². The van der Waals surface area contributed by atoms with Gasteiger partial charge in [0.15, 0.2) is 0 Å². The van der Waals surface area contributed by atoms with Crippen LogP contribution in [0, 0.1) is 0 Å². The molecule has 0 fully saturated rings. The van der Waals surface area contributed by atoms with E-state index in [4.69, 9.17) is 11.6 Å². The largest absolute Gasteiger partial charge is 0.276 e. The second kappa shape index (κ2) is 4.94. The Kier molecular flexibility index (Phi) is 3.37. The van der Waals surface area contributed by atoms with Crippen molar-refractivity contribution >= 4 is 17.5 Å². The number of carbonyl (C=O) groups is 1. The summed E-state index contributed by atoms with van der Waals surface area (Å²) >= 11 is 5.86. The van der Waals surface area contributed by atoms with Crippen molar-refractivity contribution in [3.63, 3.8) is 0 Å². The Morgan fingerprint density at radius 3 is 3.00 bits per heavy atom. The lowest BCUT2D eigenvalue weighted by atomic mass is 10.1. The van der Waals surface area contributed by atoms with Crippen LogP contribution in [0.4, 0.5) is 0 Å². The lowest BCUT2D eigenvalue weighted by Gasteiger charge is -2.02. The Morgan fingerprint density at radius 2 is 2.31 bits per heavy atom. The SMILES string of the molecule is O=C(CCc1cccc(Cl)c1)n1ccnc1. The molecule has 0 aliphatic carbocycles. The maximum absolute atomic E-state index is 11.7. The zero-order valence-corrected chi connectivity index (χ0v) is 9.39. The molecule has 4 heteroatoms. The van der Waals surface area contributed by atoms with E-state index in [9.17, 15) is 4.79 Å². The molecule has 0 aliphatic rings. The Morgan fingerprint density at radius 1 is 1.44 bits per heavy atom. The first kappa shape index (κ1) is 10.9. The monoisotopic (exact) mass is 234 g/mol. The molecule has 1 aromatic heterocycles. The van der Waals surface area contributed by atoms with E-state index in [0.29, 0.717) is 17.9 Å². The lowest BCUT2D eigenvalue weighted by Crippen LogP contribution is -2.09. The number of aromatic nitrogens is 2. The van der Waals surface area contributed by atoms with Gasteiger partial charge in [0.05, 0.1) is 0 Å². The van der Waals surface area contributed by atoms with Crippen LogP contribution in [0.15, 0.2) is 43.0 Å². The molecule has 0 bridgehead atoms. The molecule has 0 radical (unpaired) electrons. The third-order valence-corrected chi connectivity index (χ3v) is 2.54. The standard InChI is InChI=1S/C12H11ClN2O/c13-11-3-1-2-10(8-11)4-5-12(16)15-7-6-14-9-15/h1-3,6-9H,4-5H2. The number of benzene rings is 1. The fourth-order valence-corrected chi connectivity index (χ4v) is 1.69. The zero-order valence-electron chi connectivity index (χ0n) is 8.64. The quantitative estimate of drug-likeness (QED) is 0.819. The Balaban J connectivity index is 1.95. The highest BCUT2D eigenvalue weighted by molar-refractivity contribution is 6.30. The van der Waals surface area contributed by atoms with E-state index in [2.05, 4.69) is 4.98 Å². The van der Waals surface area contributed by atoms with E-state index in [1.165, 1.54) is 10.9 Å². The van der Waals surface area contributed by atoms with Crippen molar-refractivity contribution in [2.45, 2.75) is 12.8 Å². The second-order valence-electron chi connectivity index (χ2n) is 3.49. The molecule has 1 aromatic carbocycles. The molecular weight excluding hydrogens is 224 g/mol. The molecule has 0 spiro atoms. The van der Waals surface area contributed by atoms with Crippen LogP contribution in [0.1, 0.15) is 16.8 Å². The predicted octanol–water partition coefficient (Wildman–Crippen LogP) is 2.81. The van der Waals surface area contributed by atoms with Crippen LogP contribution in [0.25, 0.3) is 0 Å². The fraction of sp³-hybridized carbons (Fsp3) is 0.167. The molecule has 2 aromatic rings. The summed E-state index contributed by atoms with van der Waals surface area (Å²) in [7, 11) is 0. The highest BCUT2D eigenvalue weighted by Gasteiger charge is 2.04. The van der Waals surface area contributed by atoms with E-state index < -0.39 is 0 Å². The molecule has 0 saturated heterocycles. The number of aryl methyl sites for hydroxylation is 1. The summed E-state index contributed by atoms with van der Waals surface area (Å²) in [6.45, 7) is 0. The summed E-state index contributed by atoms with van der Waals surface area (Å²) < 4.78 is 1.49. The second-order valence-corrected chi connectivity index (χ2v) is 3.93. The van der Waals surface area contributed by atoms with E-state index in [1.807, 2.05) is 24.3 Å². The Labute approximate surface area is 98.7 Å². The van der Waals surface area contributed by atoms with Crippen molar-refractivity contribution in [3.8, 4) is 0 Å². The van der Waals surface area contributed by atoms with Gasteiger partial charge in [-0.15, -0.1) is 0 Å². The van der Waals surface area contributed by atoms with Gasteiger partial charge in [-0.3, -0.25) is 9.36 Å². The first-order valence-corrected chi connectivity index (χ1v) is 5.39. The van der Waals surface area contributed by atoms with Gasteiger partial charge in [-0.2, -0.15) is 0 Å².